The van der Waals surface area contributed by atoms with Crippen LogP contribution in [0.5, 0.6) is 0 Å². The number of aromatic nitrogens is 1. The molecule has 0 saturated heterocycles. The topological polar surface area (TPSA) is 57.5 Å². The van der Waals surface area contributed by atoms with E-state index in [1.807, 2.05) is 42.5 Å². The van der Waals surface area contributed by atoms with Gasteiger partial charge in [0.1, 0.15) is 0 Å². The molecule has 2 heterocycles. The predicted molar refractivity (Wildman–Crippen MR) is 130 cm³/mol. The molecule has 0 unspecified atom stereocenters. The van der Waals surface area contributed by atoms with Gasteiger partial charge in [0.15, 0.2) is 0 Å². The van der Waals surface area contributed by atoms with E-state index < -0.39 is 0 Å². The zero-order valence-electron chi connectivity index (χ0n) is 18.8. The van der Waals surface area contributed by atoms with Crippen LogP contribution < -0.4 is 0 Å². The van der Waals surface area contributed by atoms with Crippen LogP contribution in [-0.4, -0.2) is 30.7 Å². The van der Waals surface area contributed by atoms with Gasteiger partial charge in [0.2, 0.25) is 0 Å². The van der Waals surface area contributed by atoms with Crippen molar-refractivity contribution in [1.29, 1.82) is 0 Å². The van der Waals surface area contributed by atoms with Crippen molar-refractivity contribution in [3.05, 3.63) is 63.7 Å². The molecule has 5 nitrogen and oxygen atoms in total. The van der Waals surface area contributed by atoms with E-state index in [1.165, 1.54) is 39.0 Å². The van der Waals surface area contributed by atoms with Crippen LogP contribution in [-0.2, 0) is 20.8 Å². The van der Waals surface area contributed by atoms with E-state index in [-0.39, 0.29) is 11.9 Å². The van der Waals surface area contributed by atoms with E-state index in [4.69, 9.17) is 21.1 Å². The molecule has 1 fully saturated rings. The number of benzene rings is 2. The van der Waals surface area contributed by atoms with Crippen LogP contribution in [0.2, 0.25) is 5.02 Å². The maximum Gasteiger partial charge on any atom is 0.337 e. The molecule has 0 N–H and O–H groups in total. The Labute approximate surface area is 197 Å². The van der Waals surface area contributed by atoms with Crippen LogP contribution in [0.4, 0.5) is 0 Å². The summed E-state index contributed by atoms with van der Waals surface area (Å²) in [6.07, 6.45) is 7.81. The van der Waals surface area contributed by atoms with Crippen LogP contribution >= 0.6 is 11.6 Å². The van der Waals surface area contributed by atoms with Gasteiger partial charge >= 0.3 is 11.9 Å². The van der Waals surface area contributed by atoms with Crippen LogP contribution in [0, 0.1) is 0 Å². The molecule has 1 aliphatic heterocycles. The molecule has 170 valence electrons. The van der Waals surface area contributed by atoms with Gasteiger partial charge in [0.25, 0.3) is 0 Å². The minimum atomic E-state index is -0.379. The smallest absolute Gasteiger partial charge is 0.337 e. The summed E-state index contributed by atoms with van der Waals surface area (Å²) in [6.45, 7) is 0.349. The van der Waals surface area contributed by atoms with Gasteiger partial charge in [-0.25, -0.2) is 9.59 Å². The predicted octanol–water partition coefficient (Wildman–Crippen LogP) is 6.37. The van der Waals surface area contributed by atoms with Gasteiger partial charge in [-0.15, -0.1) is 0 Å². The van der Waals surface area contributed by atoms with Gasteiger partial charge in [-0.2, -0.15) is 0 Å². The lowest BCUT2D eigenvalue weighted by molar-refractivity contribution is -0.136. The average molecular weight is 464 g/mol. The third kappa shape index (κ3) is 3.74. The van der Waals surface area contributed by atoms with Crippen molar-refractivity contribution in [1.82, 2.24) is 4.57 Å². The van der Waals surface area contributed by atoms with Crippen molar-refractivity contribution in [2.24, 2.45) is 0 Å². The molecule has 6 heteroatoms. The summed E-state index contributed by atoms with van der Waals surface area (Å²) in [5.74, 6) is -0.333. The maximum absolute atomic E-state index is 12.7. The Bertz CT molecular complexity index is 1300. The molecule has 3 aromatic rings. The molecule has 1 aromatic heterocycles. The van der Waals surface area contributed by atoms with Crippen LogP contribution in [0.15, 0.2) is 42.0 Å². The summed E-state index contributed by atoms with van der Waals surface area (Å²) in [7, 11) is 2.78. The second-order valence-corrected chi connectivity index (χ2v) is 9.24. The number of fused-ring (bicyclic) bond motifs is 5. The highest BCUT2D eigenvalue weighted by Crippen LogP contribution is 2.46. The molecule has 2 aliphatic rings. The fourth-order valence-electron chi connectivity index (χ4n) is 5.41. The molecule has 0 bridgehead atoms. The van der Waals surface area contributed by atoms with Crippen LogP contribution in [0.25, 0.3) is 28.2 Å². The number of nitrogens with zero attached hydrogens (tertiary/aromatic N) is 1. The maximum atomic E-state index is 12.7. The second-order valence-electron chi connectivity index (χ2n) is 8.80. The zero-order chi connectivity index (χ0) is 23.1. The summed E-state index contributed by atoms with van der Waals surface area (Å²) in [5, 5.41) is 1.74. The molecule has 0 amide bonds. The Balaban J connectivity index is 1.85. The van der Waals surface area contributed by atoms with E-state index in [9.17, 15) is 9.59 Å². The Hall–Kier alpha value is -3.05. The molecule has 2 aromatic carbocycles. The summed E-state index contributed by atoms with van der Waals surface area (Å²) in [4.78, 5) is 25.0. The van der Waals surface area contributed by atoms with Gasteiger partial charge < -0.3 is 14.0 Å². The summed E-state index contributed by atoms with van der Waals surface area (Å²) in [5.41, 5.74) is 6.28. The largest absolute Gasteiger partial charge is 0.466 e. The first-order chi connectivity index (χ1) is 16.0. The van der Waals surface area contributed by atoms with Gasteiger partial charge in [-0.3, -0.25) is 0 Å². The minimum absolute atomic E-state index is 0.349. The van der Waals surface area contributed by atoms with E-state index in [0.29, 0.717) is 28.6 Å². The molecule has 0 spiro atoms. The first-order valence-corrected chi connectivity index (χ1v) is 11.7. The summed E-state index contributed by atoms with van der Waals surface area (Å²) in [6, 6.07) is 11.6. The molecule has 5 rings (SSSR count). The lowest BCUT2D eigenvalue weighted by atomic mass is 9.81. The van der Waals surface area contributed by atoms with Crippen molar-refractivity contribution in [2.45, 2.75) is 44.6 Å². The Kier molecular flexibility index (Phi) is 5.75. The molecular weight excluding hydrogens is 438 g/mol. The summed E-state index contributed by atoms with van der Waals surface area (Å²) < 4.78 is 12.2. The molecule has 33 heavy (non-hydrogen) atoms. The first kappa shape index (κ1) is 21.8. The quantitative estimate of drug-likeness (QED) is 0.424. The van der Waals surface area contributed by atoms with Gasteiger partial charge in [-0.05, 0) is 60.2 Å². The van der Waals surface area contributed by atoms with E-state index in [1.54, 1.807) is 0 Å². The number of methoxy groups -OCH3 is 2. The van der Waals surface area contributed by atoms with Crippen LogP contribution in [0.3, 0.4) is 0 Å². The standard InChI is InChI=1S/C27H26ClNO4/c1-32-26(30)17-8-10-22-23(14-17)29-15-19(27(31)33-2)12-18-13-20(28)9-11-21(18)25(29)24(22)16-6-4-3-5-7-16/h8-14,16H,3-7,15H2,1-2H3. The van der Waals surface area contributed by atoms with Gasteiger partial charge in [0, 0.05) is 21.5 Å². The lowest BCUT2D eigenvalue weighted by Crippen LogP contribution is -2.12. The number of ether oxygens (including phenoxy) is 2. The monoisotopic (exact) mass is 463 g/mol. The van der Waals surface area contributed by atoms with Crippen molar-refractivity contribution < 1.29 is 19.1 Å². The normalized spacial score (nSPS) is 15.9. The molecular formula is C27H26ClNO4. The minimum Gasteiger partial charge on any atom is -0.466 e. The van der Waals surface area contributed by atoms with Crippen molar-refractivity contribution in [3.8, 4) is 11.3 Å². The van der Waals surface area contributed by atoms with Gasteiger partial charge in [0.05, 0.1) is 37.6 Å². The number of hydrogen-bond donors (Lipinski definition) is 0. The van der Waals surface area contributed by atoms with Crippen LogP contribution in [0.1, 0.15) is 59.5 Å². The average Bonchev–Trinajstić information content (AvgIpc) is 3.06. The Morgan fingerprint density at radius 2 is 1.73 bits per heavy atom. The lowest BCUT2D eigenvalue weighted by Gasteiger charge is -2.24. The van der Waals surface area contributed by atoms with E-state index >= 15 is 0 Å². The number of halogens is 1. The number of carbonyl (C=O) groups is 2. The van der Waals surface area contributed by atoms with Crippen molar-refractivity contribution in [2.75, 3.05) is 14.2 Å². The molecule has 0 radical (unpaired) electrons. The SMILES string of the molecule is COC(=O)C1=Cc2cc(Cl)ccc2-c2c(C3CCCCC3)c3ccc(C(=O)OC)cc3n2C1. The second kappa shape index (κ2) is 8.71. The zero-order valence-corrected chi connectivity index (χ0v) is 19.6. The van der Waals surface area contributed by atoms with Crippen molar-refractivity contribution >= 4 is 40.5 Å². The third-order valence-corrected chi connectivity index (χ3v) is 7.15. The van der Waals surface area contributed by atoms with Crippen molar-refractivity contribution in [3.63, 3.8) is 0 Å². The highest BCUT2D eigenvalue weighted by molar-refractivity contribution is 6.30. The molecule has 0 atom stereocenters. The first-order valence-electron chi connectivity index (χ1n) is 11.3. The highest BCUT2D eigenvalue weighted by Gasteiger charge is 2.30. The van der Waals surface area contributed by atoms with E-state index in [2.05, 4.69) is 4.57 Å². The Morgan fingerprint density at radius 3 is 2.45 bits per heavy atom. The number of carbonyl (C=O) groups excluding carboxylic acids is 2. The number of esters is 2. The molecule has 1 aliphatic carbocycles. The Morgan fingerprint density at radius 1 is 0.970 bits per heavy atom. The fraction of sp³-hybridized carbons (Fsp3) is 0.333. The van der Waals surface area contributed by atoms with E-state index in [0.717, 1.165) is 40.6 Å². The number of rotatable bonds is 3. The fourth-order valence-corrected chi connectivity index (χ4v) is 5.59. The molecule has 1 saturated carbocycles. The number of hydrogen-bond acceptors (Lipinski definition) is 4. The van der Waals surface area contributed by atoms with Gasteiger partial charge in [-0.1, -0.05) is 43.0 Å². The highest BCUT2D eigenvalue weighted by atomic mass is 35.5. The summed E-state index contributed by atoms with van der Waals surface area (Å²) >= 11 is 6.35. The third-order valence-electron chi connectivity index (χ3n) is 6.91.